The van der Waals surface area contributed by atoms with Crippen LogP contribution in [-0.2, 0) is 0 Å². The van der Waals surface area contributed by atoms with Crippen molar-refractivity contribution in [3.63, 3.8) is 0 Å². The van der Waals surface area contributed by atoms with Gasteiger partial charge in [-0.15, -0.1) is 0 Å². The van der Waals surface area contributed by atoms with Crippen molar-refractivity contribution >= 4 is 9.52 Å². The Morgan fingerprint density at radius 1 is 1.00 bits per heavy atom. The minimum atomic E-state index is 0. The van der Waals surface area contributed by atoms with Crippen molar-refractivity contribution in [1.82, 2.24) is 0 Å². The molecule has 0 fully saturated rings. The van der Waals surface area contributed by atoms with Crippen LogP contribution in [0.15, 0.2) is 0 Å². The highest BCUT2D eigenvalue weighted by Crippen LogP contribution is 1.92. The van der Waals surface area contributed by atoms with Crippen LogP contribution < -0.4 is 0 Å². The molecule has 0 atom stereocenters. The van der Waals surface area contributed by atoms with E-state index in [0.717, 1.165) is 0 Å². The van der Waals surface area contributed by atoms with Crippen molar-refractivity contribution in [2.45, 2.75) is 38.8 Å². The second kappa shape index (κ2) is 10.2. The molecule has 0 N–H and O–H groups in total. The van der Waals surface area contributed by atoms with Crippen molar-refractivity contribution in [1.29, 1.82) is 0 Å². The summed E-state index contributed by atoms with van der Waals surface area (Å²) in [6, 6.07) is 3.13. The van der Waals surface area contributed by atoms with Crippen molar-refractivity contribution in [3.05, 3.63) is 0 Å². The van der Waals surface area contributed by atoms with Gasteiger partial charge in [-0.1, -0.05) is 38.8 Å². The van der Waals surface area contributed by atoms with E-state index in [1.807, 2.05) is 0 Å². The van der Waals surface area contributed by atoms with Crippen LogP contribution in [0.25, 0.3) is 0 Å². The Hall–Kier alpha value is 0.147. The van der Waals surface area contributed by atoms with Gasteiger partial charge in [0.1, 0.15) is 0 Å². The molecule has 0 radical (unpaired) electrons. The summed E-state index contributed by atoms with van der Waals surface area (Å²) in [5, 5.41) is 0. The van der Waals surface area contributed by atoms with E-state index in [1.54, 1.807) is 12.1 Å². The van der Waals surface area contributed by atoms with Crippen LogP contribution in [0.1, 0.15) is 26.7 Å². The fraction of sp³-hybridized carbons (Fsp3) is 1.00. The van der Waals surface area contributed by atoms with Gasteiger partial charge in [-0.25, -0.2) is 0 Å². The summed E-state index contributed by atoms with van der Waals surface area (Å²) in [5.74, 6) is 0. The normalized spacial score (nSPS) is 8.25. The molecule has 0 bridgehead atoms. The molecule has 0 aromatic rings. The number of hydrogen-bond acceptors (Lipinski definition) is 0. The van der Waals surface area contributed by atoms with E-state index in [9.17, 15) is 0 Å². The maximum absolute atomic E-state index is 2.28. The molecule has 0 spiro atoms. The molecule has 0 aliphatic heterocycles. The molecule has 2 heteroatoms. The van der Waals surface area contributed by atoms with Crippen LogP contribution in [0.3, 0.4) is 0 Å². The lowest BCUT2D eigenvalue weighted by Crippen LogP contribution is -1.84. The molecule has 52 valence electrons. The van der Waals surface area contributed by atoms with Gasteiger partial charge in [0.15, 0.2) is 0 Å². The van der Waals surface area contributed by atoms with Crippen molar-refractivity contribution < 1.29 is 4.70 Å². The first-order valence-electron chi connectivity index (χ1n) is 3.41. The molecular weight excluding hydrogens is 119 g/mol. The fourth-order valence-electron chi connectivity index (χ4n) is 0.677. The molecule has 8 heavy (non-hydrogen) atoms. The lowest BCUT2D eigenvalue weighted by atomic mass is 10.6. The van der Waals surface area contributed by atoms with Crippen LogP contribution in [0.5, 0.6) is 0 Å². The third kappa shape index (κ3) is 9.47. The first kappa shape index (κ1) is 11.0. The summed E-state index contributed by atoms with van der Waals surface area (Å²) in [6.45, 7) is 4.56. The zero-order valence-electron chi connectivity index (χ0n) is 5.94. The van der Waals surface area contributed by atoms with Crippen LogP contribution in [0, 0.1) is 0 Å². The first-order valence-corrected chi connectivity index (χ1v) is 5.41. The molecule has 0 aromatic carbocycles. The van der Waals surface area contributed by atoms with E-state index < -0.39 is 0 Å². The van der Waals surface area contributed by atoms with Gasteiger partial charge in [0.25, 0.3) is 0 Å². The summed E-state index contributed by atoms with van der Waals surface area (Å²) in [4.78, 5) is 0. The Balaban J connectivity index is 0. The lowest BCUT2D eigenvalue weighted by molar-refractivity contribution is 1.02. The van der Waals surface area contributed by atoms with Crippen molar-refractivity contribution in [3.8, 4) is 0 Å². The third-order valence-corrected chi connectivity index (χ3v) is 3.62. The number of rotatable bonds is 4. The molecule has 0 rings (SSSR count). The van der Waals surface area contributed by atoms with Gasteiger partial charge in [-0.05, 0) is 0 Å². The number of halogens is 1. The van der Waals surface area contributed by atoms with Gasteiger partial charge in [0, 0.05) is 9.52 Å². The zero-order chi connectivity index (χ0) is 5.54. The molecule has 0 saturated heterocycles. The first-order chi connectivity index (χ1) is 3.41. The summed E-state index contributed by atoms with van der Waals surface area (Å²) in [6.07, 6.45) is 2.85. The summed E-state index contributed by atoms with van der Waals surface area (Å²) in [5.41, 5.74) is 0. The quantitative estimate of drug-likeness (QED) is 0.409. The van der Waals surface area contributed by atoms with E-state index in [1.165, 1.54) is 12.8 Å². The van der Waals surface area contributed by atoms with Crippen LogP contribution in [0.4, 0.5) is 4.70 Å². The second-order valence-electron chi connectivity index (χ2n) is 2.06. The van der Waals surface area contributed by atoms with Gasteiger partial charge in [-0.2, -0.15) is 0 Å². The highest BCUT2D eigenvalue weighted by atomic mass is 28.2. The lowest BCUT2D eigenvalue weighted by Gasteiger charge is -1.89. The van der Waals surface area contributed by atoms with Crippen LogP contribution >= 0.6 is 0 Å². The van der Waals surface area contributed by atoms with E-state index in [-0.39, 0.29) is 4.70 Å². The van der Waals surface area contributed by atoms with E-state index in [2.05, 4.69) is 13.8 Å². The molecule has 0 saturated carbocycles. The number of hydrogen-bond donors (Lipinski definition) is 0. The van der Waals surface area contributed by atoms with Crippen LogP contribution in [0.2, 0.25) is 12.1 Å². The Morgan fingerprint density at radius 3 is 1.62 bits per heavy atom. The van der Waals surface area contributed by atoms with Gasteiger partial charge in [0.2, 0.25) is 0 Å². The van der Waals surface area contributed by atoms with E-state index >= 15 is 0 Å². The van der Waals surface area contributed by atoms with Crippen LogP contribution in [-0.4, -0.2) is 9.52 Å². The minimum Gasteiger partial charge on any atom is -0.269 e. The zero-order valence-corrected chi connectivity index (χ0v) is 7.36. The van der Waals surface area contributed by atoms with Crippen molar-refractivity contribution in [2.24, 2.45) is 0 Å². The van der Waals surface area contributed by atoms with Gasteiger partial charge in [0.05, 0.1) is 0 Å². The standard InChI is InChI=1S/C6H16Si.FH/c1-3-5-7-6-4-2;/h3-7H2,1-2H3;1H. The molecular formula is C6H17FSi. The predicted octanol–water partition coefficient (Wildman–Crippen LogP) is 1.96. The highest BCUT2D eigenvalue weighted by molar-refractivity contribution is 6.35. The van der Waals surface area contributed by atoms with Crippen molar-refractivity contribution in [2.75, 3.05) is 0 Å². The summed E-state index contributed by atoms with van der Waals surface area (Å²) < 4.78 is 0. The second-order valence-corrected chi connectivity index (χ2v) is 4.18. The molecule has 0 unspecified atom stereocenters. The monoisotopic (exact) mass is 136 g/mol. The molecule has 0 nitrogen and oxygen atoms in total. The largest absolute Gasteiger partial charge is 0.269 e. The predicted molar refractivity (Wildman–Crippen MR) is 41.2 cm³/mol. The Morgan fingerprint density at radius 2 is 1.38 bits per heavy atom. The van der Waals surface area contributed by atoms with E-state index in [4.69, 9.17) is 0 Å². The van der Waals surface area contributed by atoms with Gasteiger partial charge < -0.3 is 0 Å². The average Bonchev–Trinajstić information content (AvgIpc) is 1.69. The summed E-state index contributed by atoms with van der Waals surface area (Å²) >= 11 is 0. The molecule has 0 aliphatic rings. The molecule has 0 amide bonds. The smallest absolute Gasteiger partial charge is 0.0197 e. The maximum atomic E-state index is 2.28. The maximum Gasteiger partial charge on any atom is 0.0197 e. The average molecular weight is 136 g/mol. The molecule has 0 heterocycles. The molecule has 0 aliphatic carbocycles. The topological polar surface area (TPSA) is 0 Å². The molecule has 0 aromatic heterocycles. The fourth-order valence-corrected chi connectivity index (χ4v) is 2.03. The van der Waals surface area contributed by atoms with Gasteiger partial charge in [-0.3, -0.25) is 4.70 Å². The Bertz CT molecular complexity index is 27.7. The van der Waals surface area contributed by atoms with E-state index in [0.29, 0.717) is 9.52 Å². The summed E-state index contributed by atoms with van der Waals surface area (Å²) in [7, 11) is 0.411. The Kier molecular flexibility index (Phi) is 14.0. The highest BCUT2D eigenvalue weighted by Gasteiger charge is 1.81. The Labute approximate surface area is 53.9 Å². The minimum absolute atomic E-state index is 0. The third-order valence-electron chi connectivity index (χ3n) is 1.21. The SMILES string of the molecule is CCC[SiH2]CCC.F. The van der Waals surface area contributed by atoms with Gasteiger partial charge >= 0.3 is 0 Å².